The van der Waals surface area contributed by atoms with Crippen molar-refractivity contribution in [3.8, 4) is 11.5 Å². The zero-order chi connectivity index (χ0) is 14.8. The zero-order valence-electron chi connectivity index (χ0n) is 12.1. The van der Waals surface area contributed by atoms with Crippen molar-refractivity contribution < 1.29 is 14.3 Å². The summed E-state index contributed by atoms with van der Waals surface area (Å²) in [5.74, 6) is 1.48. The van der Waals surface area contributed by atoms with Gasteiger partial charge in [0.25, 0.3) is 0 Å². The van der Waals surface area contributed by atoms with Gasteiger partial charge in [0.05, 0.1) is 20.3 Å². The lowest BCUT2D eigenvalue weighted by Gasteiger charge is -2.28. The van der Waals surface area contributed by atoms with E-state index in [1.807, 2.05) is 42.5 Å². The van der Waals surface area contributed by atoms with Crippen LogP contribution in [0.25, 0.3) is 0 Å². The second-order valence-electron chi connectivity index (χ2n) is 4.95. The minimum Gasteiger partial charge on any atom is -0.493 e. The van der Waals surface area contributed by atoms with Crippen molar-refractivity contribution in [2.45, 2.75) is 12.5 Å². The third-order valence-electron chi connectivity index (χ3n) is 3.76. The number of ether oxygens (including phenoxy) is 2. The molecule has 0 radical (unpaired) electrons. The van der Waals surface area contributed by atoms with Gasteiger partial charge in [-0.25, -0.2) is 0 Å². The van der Waals surface area contributed by atoms with E-state index in [-0.39, 0.29) is 11.8 Å². The lowest BCUT2D eigenvalue weighted by Crippen LogP contribution is -2.23. The molecule has 0 unspecified atom stereocenters. The molecule has 21 heavy (non-hydrogen) atoms. The maximum Gasteiger partial charge on any atom is 0.167 e. The topological polar surface area (TPSA) is 47.6 Å². The molecule has 1 aliphatic heterocycles. The predicted octanol–water partition coefficient (Wildman–Crippen LogP) is 3.44. The molecule has 0 fully saturated rings. The number of anilines is 1. The van der Waals surface area contributed by atoms with E-state index in [2.05, 4.69) is 5.32 Å². The van der Waals surface area contributed by atoms with Crippen LogP contribution < -0.4 is 14.8 Å². The quantitative estimate of drug-likeness (QED) is 0.937. The van der Waals surface area contributed by atoms with Gasteiger partial charge in [-0.3, -0.25) is 4.79 Å². The van der Waals surface area contributed by atoms with Crippen LogP contribution >= 0.6 is 0 Å². The summed E-state index contributed by atoms with van der Waals surface area (Å²) in [6.07, 6.45) is 0.403. The van der Waals surface area contributed by atoms with E-state index in [4.69, 9.17) is 9.47 Å². The summed E-state index contributed by atoms with van der Waals surface area (Å²) in [6.45, 7) is 0. The van der Waals surface area contributed by atoms with E-state index < -0.39 is 0 Å². The number of Topliss-reactive ketones (excluding diaryl/α,β-unsaturated/α-hetero) is 1. The van der Waals surface area contributed by atoms with Crippen molar-refractivity contribution in [1.29, 1.82) is 0 Å². The SMILES string of the molecule is COc1cccc([C@@H]2CC(=O)c3ccccc3N2)c1OC. The molecule has 1 N–H and O–H groups in total. The van der Waals surface area contributed by atoms with Gasteiger partial charge in [0.15, 0.2) is 17.3 Å². The van der Waals surface area contributed by atoms with E-state index >= 15 is 0 Å². The summed E-state index contributed by atoms with van der Waals surface area (Å²) >= 11 is 0. The molecule has 108 valence electrons. The van der Waals surface area contributed by atoms with Crippen LogP contribution in [0, 0.1) is 0 Å². The molecule has 0 aromatic heterocycles. The van der Waals surface area contributed by atoms with Crippen LogP contribution in [0.3, 0.4) is 0 Å². The number of rotatable bonds is 3. The van der Waals surface area contributed by atoms with Gasteiger partial charge in [0, 0.05) is 23.2 Å². The lowest BCUT2D eigenvalue weighted by atomic mass is 9.92. The second-order valence-corrected chi connectivity index (χ2v) is 4.95. The number of nitrogens with one attached hydrogen (secondary N) is 1. The third kappa shape index (κ3) is 2.33. The Morgan fingerprint density at radius 3 is 2.62 bits per heavy atom. The Hall–Kier alpha value is -2.49. The van der Waals surface area contributed by atoms with E-state index in [1.54, 1.807) is 14.2 Å². The highest BCUT2D eigenvalue weighted by atomic mass is 16.5. The highest BCUT2D eigenvalue weighted by Crippen LogP contribution is 2.40. The summed E-state index contributed by atoms with van der Waals surface area (Å²) in [4.78, 5) is 12.3. The number of carbonyl (C=O) groups is 1. The lowest BCUT2D eigenvalue weighted by molar-refractivity contribution is 0.0972. The Bertz CT molecular complexity index is 681. The monoisotopic (exact) mass is 283 g/mol. The Balaban J connectivity index is 2.02. The summed E-state index contributed by atoms with van der Waals surface area (Å²) < 4.78 is 10.8. The number of hydrogen-bond acceptors (Lipinski definition) is 4. The number of hydrogen-bond donors (Lipinski definition) is 1. The van der Waals surface area contributed by atoms with Gasteiger partial charge in [0.1, 0.15) is 0 Å². The predicted molar refractivity (Wildman–Crippen MR) is 81.3 cm³/mol. The second kappa shape index (κ2) is 5.48. The summed E-state index contributed by atoms with van der Waals surface area (Å²) in [7, 11) is 3.22. The van der Waals surface area contributed by atoms with Crippen LogP contribution in [0.5, 0.6) is 11.5 Å². The highest BCUT2D eigenvalue weighted by molar-refractivity contribution is 6.03. The molecule has 1 aliphatic rings. The average Bonchev–Trinajstić information content (AvgIpc) is 2.54. The smallest absolute Gasteiger partial charge is 0.167 e. The highest BCUT2D eigenvalue weighted by Gasteiger charge is 2.28. The maximum absolute atomic E-state index is 12.3. The molecular formula is C17H17NO3. The van der Waals surface area contributed by atoms with Crippen LogP contribution in [-0.2, 0) is 0 Å². The summed E-state index contributed by atoms with van der Waals surface area (Å²) in [5, 5.41) is 3.41. The minimum atomic E-state index is -0.113. The molecule has 0 spiro atoms. The fraction of sp³-hybridized carbons (Fsp3) is 0.235. The molecule has 1 heterocycles. The first-order valence-electron chi connectivity index (χ1n) is 6.84. The van der Waals surface area contributed by atoms with E-state index in [1.165, 1.54) is 0 Å². The first kappa shape index (κ1) is 13.5. The van der Waals surface area contributed by atoms with Crippen molar-refractivity contribution in [1.82, 2.24) is 0 Å². The number of fused-ring (bicyclic) bond motifs is 1. The van der Waals surface area contributed by atoms with E-state index in [0.29, 0.717) is 17.9 Å². The van der Waals surface area contributed by atoms with Crippen molar-refractivity contribution >= 4 is 11.5 Å². The largest absolute Gasteiger partial charge is 0.493 e. The van der Waals surface area contributed by atoms with E-state index in [9.17, 15) is 4.79 Å². The number of para-hydroxylation sites is 2. The fourth-order valence-electron chi connectivity index (χ4n) is 2.76. The minimum absolute atomic E-state index is 0.113. The molecule has 1 atom stereocenters. The van der Waals surface area contributed by atoms with Crippen LogP contribution in [0.15, 0.2) is 42.5 Å². The third-order valence-corrected chi connectivity index (χ3v) is 3.76. The number of benzene rings is 2. The number of ketones is 1. The van der Waals surface area contributed by atoms with Gasteiger partial charge in [-0.05, 0) is 18.2 Å². The Morgan fingerprint density at radius 2 is 1.86 bits per heavy atom. The van der Waals surface area contributed by atoms with Gasteiger partial charge in [-0.1, -0.05) is 24.3 Å². The van der Waals surface area contributed by atoms with Crippen LogP contribution in [0.4, 0.5) is 5.69 Å². The molecule has 2 aromatic carbocycles. The van der Waals surface area contributed by atoms with Gasteiger partial charge < -0.3 is 14.8 Å². The summed E-state index contributed by atoms with van der Waals surface area (Å²) in [6, 6.07) is 13.2. The number of carbonyl (C=O) groups excluding carboxylic acids is 1. The Kier molecular flexibility index (Phi) is 3.52. The molecule has 3 rings (SSSR count). The Morgan fingerprint density at radius 1 is 1.05 bits per heavy atom. The zero-order valence-corrected chi connectivity index (χ0v) is 12.1. The van der Waals surface area contributed by atoms with Crippen molar-refractivity contribution in [2.24, 2.45) is 0 Å². The Labute approximate surface area is 123 Å². The van der Waals surface area contributed by atoms with Gasteiger partial charge >= 0.3 is 0 Å². The molecule has 0 amide bonds. The van der Waals surface area contributed by atoms with Crippen LogP contribution in [0.2, 0.25) is 0 Å². The normalized spacial score (nSPS) is 16.9. The standard InChI is InChI=1S/C17H17NO3/c1-20-16-9-5-7-12(17(16)21-2)14-10-15(19)11-6-3-4-8-13(11)18-14/h3-9,14,18H,10H2,1-2H3/t14-/m0/s1. The molecule has 0 bridgehead atoms. The van der Waals surface area contributed by atoms with Crippen molar-refractivity contribution in [3.05, 3.63) is 53.6 Å². The van der Waals surface area contributed by atoms with Crippen molar-refractivity contribution in [2.75, 3.05) is 19.5 Å². The maximum atomic E-state index is 12.3. The molecular weight excluding hydrogens is 266 g/mol. The van der Waals surface area contributed by atoms with Crippen LogP contribution in [-0.4, -0.2) is 20.0 Å². The number of methoxy groups -OCH3 is 2. The molecule has 4 heteroatoms. The van der Waals surface area contributed by atoms with Gasteiger partial charge in [-0.2, -0.15) is 0 Å². The van der Waals surface area contributed by atoms with Gasteiger partial charge in [0.2, 0.25) is 0 Å². The van der Waals surface area contributed by atoms with Crippen LogP contribution in [0.1, 0.15) is 28.4 Å². The molecule has 0 saturated heterocycles. The first-order chi connectivity index (χ1) is 10.2. The molecule has 4 nitrogen and oxygen atoms in total. The average molecular weight is 283 g/mol. The van der Waals surface area contributed by atoms with Gasteiger partial charge in [-0.15, -0.1) is 0 Å². The summed E-state index contributed by atoms with van der Waals surface area (Å²) in [5.41, 5.74) is 2.54. The fourth-order valence-corrected chi connectivity index (χ4v) is 2.76. The van der Waals surface area contributed by atoms with Crippen molar-refractivity contribution in [3.63, 3.8) is 0 Å². The molecule has 2 aromatic rings. The molecule has 0 saturated carbocycles. The van der Waals surface area contributed by atoms with E-state index in [0.717, 1.165) is 16.8 Å². The first-order valence-corrected chi connectivity index (χ1v) is 6.84. The molecule has 0 aliphatic carbocycles.